The van der Waals surface area contributed by atoms with Gasteiger partial charge in [0.1, 0.15) is 0 Å². The summed E-state index contributed by atoms with van der Waals surface area (Å²) in [5.41, 5.74) is 1.42. The van der Waals surface area contributed by atoms with E-state index in [1.807, 2.05) is 6.07 Å². The second-order valence-corrected chi connectivity index (χ2v) is 5.79. The van der Waals surface area contributed by atoms with E-state index < -0.39 is 0 Å². The molecule has 1 N–H and O–H groups in total. The molecule has 1 heterocycles. The van der Waals surface area contributed by atoms with E-state index in [0.29, 0.717) is 33.3 Å². The molecule has 0 saturated carbocycles. The molecule has 0 unspecified atom stereocenters. The minimum Gasteiger partial charge on any atom is -0.378 e. The molecule has 2 aromatic rings. The zero-order chi connectivity index (χ0) is 14.5. The lowest BCUT2D eigenvalue weighted by molar-refractivity contribution is 0.180. The van der Waals surface area contributed by atoms with Crippen LogP contribution in [-0.4, -0.2) is 17.1 Å². The highest BCUT2D eigenvalue weighted by molar-refractivity contribution is 7.98. The minimum absolute atomic E-state index is 0.191. The monoisotopic (exact) mass is 330 g/mol. The Morgan fingerprint density at radius 1 is 1.30 bits per heavy atom. The Balaban J connectivity index is 2.10. The van der Waals surface area contributed by atoms with Crippen molar-refractivity contribution in [2.45, 2.75) is 17.5 Å². The summed E-state index contributed by atoms with van der Waals surface area (Å²) in [6, 6.07) is 6.86. The van der Waals surface area contributed by atoms with Crippen molar-refractivity contribution in [1.82, 2.24) is 9.97 Å². The Morgan fingerprint density at radius 2 is 2.10 bits per heavy atom. The summed E-state index contributed by atoms with van der Waals surface area (Å²) < 4.78 is 4.97. The number of aromatic amines is 1. The molecule has 0 saturated heterocycles. The second-order valence-electron chi connectivity index (χ2n) is 4.01. The van der Waals surface area contributed by atoms with E-state index in [0.717, 1.165) is 5.56 Å². The van der Waals surface area contributed by atoms with E-state index in [9.17, 15) is 4.79 Å². The molecule has 1 aromatic heterocycles. The third-order valence-corrected chi connectivity index (χ3v) is 4.11. The number of hydrogen-bond donors (Lipinski definition) is 1. The van der Waals surface area contributed by atoms with Crippen molar-refractivity contribution in [2.24, 2.45) is 0 Å². The first-order valence-corrected chi connectivity index (χ1v) is 7.48. The van der Waals surface area contributed by atoms with E-state index in [4.69, 9.17) is 27.9 Å². The summed E-state index contributed by atoms with van der Waals surface area (Å²) in [7, 11) is 1.56. The molecule has 7 heteroatoms. The molecule has 0 radical (unpaired) electrons. The average molecular weight is 331 g/mol. The van der Waals surface area contributed by atoms with Gasteiger partial charge in [-0.25, -0.2) is 4.98 Å². The van der Waals surface area contributed by atoms with Crippen LogP contribution in [0.15, 0.2) is 34.2 Å². The fourth-order valence-corrected chi connectivity index (χ4v) is 2.71. The van der Waals surface area contributed by atoms with E-state index in [-0.39, 0.29) is 5.56 Å². The normalized spacial score (nSPS) is 10.8. The molecule has 0 amide bonds. The first-order valence-electron chi connectivity index (χ1n) is 5.74. The van der Waals surface area contributed by atoms with Gasteiger partial charge in [0.15, 0.2) is 5.16 Å². The van der Waals surface area contributed by atoms with Gasteiger partial charge in [-0.15, -0.1) is 0 Å². The Hall–Kier alpha value is -1.01. The van der Waals surface area contributed by atoms with Crippen molar-refractivity contribution >= 4 is 35.0 Å². The summed E-state index contributed by atoms with van der Waals surface area (Å²) in [4.78, 5) is 18.5. The number of hydrogen-bond acceptors (Lipinski definition) is 4. The highest BCUT2D eigenvalue weighted by atomic mass is 35.5. The predicted octanol–water partition coefficient (Wildman–Crippen LogP) is 3.52. The highest BCUT2D eigenvalue weighted by Gasteiger charge is 2.04. The zero-order valence-corrected chi connectivity index (χ0v) is 13.0. The summed E-state index contributed by atoms with van der Waals surface area (Å²) in [5, 5.41) is 1.59. The van der Waals surface area contributed by atoms with Gasteiger partial charge < -0.3 is 9.72 Å². The lowest BCUT2D eigenvalue weighted by Crippen LogP contribution is -2.10. The third-order valence-electron chi connectivity index (χ3n) is 2.42. The number of rotatable bonds is 5. The maximum atomic E-state index is 11.5. The van der Waals surface area contributed by atoms with Crippen molar-refractivity contribution in [3.63, 3.8) is 0 Å². The number of thioether (sulfide) groups is 1. The van der Waals surface area contributed by atoms with Crippen molar-refractivity contribution in [3.8, 4) is 0 Å². The van der Waals surface area contributed by atoms with Gasteiger partial charge in [-0.3, -0.25) is 4.79 Å². The molecule has 0 aliphatic heterocycles. The molecule has 0 aliphatic carbocycles. The zero-order valence-electron chi connectivity index (χ0n) is 10.7. The molecule has 1 aromatic carbocycles. The van der Waals surface area contributed by atoms with Crippen LogP contribution in [0.1, 0.15) is 11.3 Å². The average Bonchev–Trinajstić information content (AvgIpc) is 2.40. The molecule has 0 aliphatic rings. The molecule has 20 heavy (non-hydrogen) atoms. The first-order chi connectivity index (χ1) is 9.58. The predicted molar refractivity (Wildman–Crippen MR) is 81.6 cm³/mol. The Kier molecular flexibility index (Phi) is 5.48. The van der Waals surface area contributed by atoms with Gasteiger partial charge in [0, 0.05) is 18.9 Å². The highest BCUT2D eigenvalue weighted by Crippen LogP contribution is 2.26. The number of methoxy groups -OCH3 is 1. The quantitative estimate of drug-likeness (QED) is 0.673. The Labute approximate surface area is 130 Å². The van der Waals surface area contributed by atoms with Gasteiger partial charge in [0.25, 0.3) is 5.56 Å². The molecule has 4 nitrogen and oxygen atoms in total. The van der Waals surface area contributed by atoms with Gasteiger partial charge in [-0.1, -0.05) is 41.0 Å². The lowest BCUT2D eigenvalue weighted by atomic mass is 10.2. The number of benzene rings is 1. The van der Waals surface area contributed by atoms with Gasteiger partial charge in [0.05, 0.1) is 22.3 Å². The maximum absolute atomic E-state index is 11.5. The molecule has 0 fully saturated rings. The van der Waals surface area contributed by atoms with Crippen LogP contribution in [0.2, 0.25) is 10.0 Å². The van der Waals surface area contributed by atoms with Gasteiger partial charge in [0.2, 0.25) is 0 Å². The Bertz CT molecular complexity index is 661. The number of halogens is 2. The maximum Gasteiger partial charge on any atom is 0.251 e. The molecule has 0 bridgehead atoms. The topological polar surface area (TPSA) is 55.0 Å². The SMILES string of the molecule is COCc1cc(=O)[nH]c(SCc2ccc(Cl)c(Cl)c2)n1. The molecule has 0 atom stereocenters. The van der Waals surface area contributed by atoms with E-state index >= 15 is 0 Å². The lowest BCUT2D eigenvalue weighted by Gasteiger charge is -2.05. The fourth-order valence-electron chi connectivity index (χ4n) is 1.55. The van der Waals surface area contributed by atoms with Crippen LogP contribution in [0.25, 0.3) is 0 Å². The van der Waals surface area contributed by atoms with Crippen LogP contribution in [0.5, 0.6) is 0 Å². The van der Waals surface area contributed by atoms with Crippen molar-refractivity contribution < 1.29 is 4.74 Å². The van der Waals surface area contributed by atoms with Crippen LogP contribution in [0.3, 0.4) is 0 Å². The van der Waals surface area contributed by atoms with Gasteiger partial charge in [-0.2, -0.15) is 0 Å². The van der Waals surface area contributed by atoms with E-state index in [2.05, 4.69) is 9.97 Å². The largest absolute Gasteiger partial charge is 0.378 e. The van der Waals surface area contributed by atoms with E-state index in [1.54, 1.807) is 19.2 Å². The number of nitrogens with zero attached hydrogens (tertiary/aromatic N) is 1. The second kappa shape index (κ2) is 7.13. The van der Waals surface area contributed by atoms with Crippen LogP contribution in [-0.2, 0) is 17.1 Å². The summed E-state index contributed by atoms with van der Waals surface area (Å²) in [6.45, 7) is 0.310. The molecule has 106 valence electrons. The van der Waals surface area contributed by atoms with Crippen LogP contribution < -0.4 is 5.56 Å². The smallest absolute Gasteiger partial charge is 0.251 e. The van der Waals surface area contributed by atoms with Crippen LogP contribution in [0, 0.1) is 0 Å². The first kappa shape index (κ1) is 15.4. The van der Waals surface area contributed by atoms with E-state index in [1.165, 1.54) is 17.8 Å². The Morgan fingerprint density at radius 3 is 2.80 bits per heavy atom. The standard InChI is InChI=1S/C13H12Cl2N2O2S/c1-19-6-9-5-12(18)17-13(16-9)20-7-8-2-3-10(14)11(15)4-8/h2-5H,6-7H2,1H3,(H,16,17,18). The number of nitrogens with one attached hydrogen (secondary N) is 1. The molecular formula is C13H12Cl2N2O2S. The molecule has 0 spiro atoms. The van der Waals surface area contributed by atoms with Gasteiger partial charge >= 0.3 is 0 Å². The van der Waals surface area contributed by atoms with Gasteiger partial charge in [-0.05, 0) is 17.7 Å². The number of ether oxygens (including phenoxy) is 1. The van der Waals surface area contributed by atoms with Crippen molar-refractivity contribution in [2.75, 3.05) is 7.11 Å². The molecular weight excluding hydrogens is 319 g/mol. The van der Waals surface area contributed by atoms with Crippen molar-refractivity contribution in [1.29, 1.82) is 0 Å². The van der Waals surface area contributed by atoms with Crippen LogP contribution >= 0.6 is 35.0 Å². The van der Waals surface area contributed by atoms with Crippen molar-refractivity contribution in [3.05, 3.63) is 55.9 Å². The minimum atomic E-state index is -0.191. The third kappa shape index (κ3) is 4.24. The summed E-state index contributed by atoms with van der Waals surface area (Å²) in [6.07, 6.45) is 0. The fraction of sp³-hybridized carbons (Fsp3) is 0.231. The molecule has 2 rings (SSSR count). The van der Waals surface area contributed by atoms with Crippen LogP contribution in [0.4, 0.5) is 0 Å². The summed E-state index contributed by atoms with van der Waals surface area (Å²) in [5.74, 6) is 0.635. The summed E-state index contributed by atoms with van der Waals surface area (Å²) >= 11 is 13.2. The number of aromatic nitrogens is 2. The number of H-pyrrole nitrogens is 1.